The number of carbonyl (C=O) groups excluding carboxylic acids is 2. The highest BCUT2D eigenvalue weighted by atomic mass is 35.5. The zero-order chi connectivity index (χ0) is 28.9. The van der Waals surface area contributed by atoms with Crippen molar-refractivity contribution >= 4 is 61.7 Å². The summed E-state index contributed by atoms with van der Waals surface area (Å²) in [6, 6.07) is 22.8. The van der Waals surface area contributed by atoms with E-state index in [0.717, 1.165) is 44.5 Å². The molecule has 5 aromatic rings. The summed E-state index contributed by atoms with van der Waals surface area (Å²) in [5.41, 5.74) is 3.92. The zero-order valence-electron chi connectivity index (χ0n) is 22.6. The lowest BCUT2D eigenvalue weighted by atomic mass is 9.89. The fraction of sp³-hybridized carbons (Fsp3) is 0.250. The van der Waals surface area contributed by atoms with Gasteiger partial charge in [0.2, 0.25) is 0 Å². The normalized spacial score (nSPS) is 12.0. The first-order chi connectivity index (χ1) is 19.8. The van der Waals surface area contributed by atoms with E-state index in [0.29, 0.717) is 29.2 Å². The highest BCUT2D eigenvalue weighted by molar-refractivity contribution is 7.18. The van der Waals surface area contributed by atoms with Crippen molar-refractivity contribution in [2.45, 2.75) is 39.2 Å². The predicted octanol–water partition coefficient (Wildman–Crippen LogP) is 7.00. The third kappa shape index (κ3) is 6.66. The molecule has 41 heavy (non-hydrogen) atoms. The van der Waals surface area contributed by atoms with Gasteiger partial charge in [-0.1, -0.05) is 49.2 Å². The topological polar surface area (TPSA) is 101 Å². The van der Waals surface area contributed by atoms with Crippen LogP contribution in [0.2, 0.25) is 5.02 Å². The van der Waals surface area contributed by atoms with Crippen LogP contribution in [0.3, 0.4) is 0 Å². The second-order valence-electron chi connectivity index (χ2n) is 10.0. The van der Waals surface area contributed by atoms with Gasteiger partial charge in [-0.3, -0.25) is 14.4 Å². The maximum Gasteiger partial charge on any atom is 0.305 e. The minimum Gasteiger partial charge on any atom is -0.481 e. The molecule has 5 rings (SSSR count). The van der Waals surface area contributed by atoms with Crippen LogP contribution in [-0.4, -0.2) is 38.9 Å². The summed E-state index contributed by atoms with van der Waals surface area (Å²) in [5.74, 6) is -1.47. The number of ketones is 1. The smallest absolute Gasteiger partial charge is 0.305 e. The number of carbonyl (C=O) groups is 3. The van der Waals surface area contributed by atoms with E-state index in [4.69, 9.17) is 21.7 Å². The first-order valence-electron chi connectivity index (χ1n) is 13.6. The summed E-state index contributed by atoms with van der Waals surface area (Å²) in [6.07, 6.45) is 1.98. The van der Waals surface area contributed by atoms with Crippen molar-refractivity contribution in [1.82, 2.24) is 14.9 Å². The van der Waals surface area contributed by atoms with Crippen LogP contribution < -0.4 is 5.32 Å². The molecular weight excluding hydrogens is 558 g/mol. The molecule has 1 atom stereocenters. The van der Waals surface area contributed by atoms with Crippen LogP contribution in [0.15, 0.2) is 72.8 Å². The summed E-state index contributed by atoms with van der Waals surface area (Å²) in [5, 5.41) is 13.8. The molecule has 0 aliphatic heterocycles. The first kappa shape index (κ1) is 28.5. The van der Waals surface area contributed by atoms with Crippen LogP contribution in [0.5, 0.6) is 0 Å². The van der Waals surface area contributed by atoms with Gasteiger partial charge < -0.3 is 15.0 Å². The largest absolute Gasteiger partial charge is 0.481 e. The molecule has 0 saturated carbocycles. The summed E-state index contributed by atoms with van der Waals surface area (Å²) < 4.78 is 3.16. The molecule has 1 amide bonds. The van der Waals surface area contributed by atoms with E-state index >= 15 is 0 Å². The molecule has 9 heteroatoms. The van der Waals surface area contributed by atoms with Crippen molar-refractivity contribution in [3.63, 3.8) is 0 Å². The van der Waals surface area contributed by atoms with Gasteiger partial charge in [0.05, 0.1) is 28.9 Å². The van der Waals surface area contributed by atoms with Gasteiger partial charge in [-0.15, -0.1) is 11.3 Å². The molecule has 0 aliphatic rings. The highest BCUT2D eigenvalue weighted by Crippen LogP contribution is 2.30. The Morgan fingerprint density at radius 2 is 1.83 bits per heavy atom. The summed E-state index contributed by atoms with van der Waals surface area (Å²) in [4.78, 5) is 42.0. The number of hydrogen-bond acceptors (Lipinski definition) is 5. The van der Waals surface area contributed by atoms with Crippen LogP contribution in [0.4, 0.5) is 0 Å². The van der Waals surface area contributed by atoms with Gasteiger partial charge in [-0.2, -0.15) is 0 Å². The third-order valence-corrected chi connectivity index (χ3v) is 8.33. The quantitative estimate of drug-likeness (QED) is 0.153. The number of nitrogens with zero attached hydrogens (tertiary/aromatic N) is 2. The van der Waals surface area contributed by atoms with Gasteiger partial charge in [0.15, 0.2) is 5.78 Å². The summed E-state index contributed by atoms with van der Waals surface area (Å²) in [7, 11) is 0. The molecule has 3 aromatic carbocycles. The van der Waals surface area contributed by atoms with Crippen LogP contribution >= 0.6 is 22.9 Å². The highest BCUT2D eigenvalue weighted by Gasteiger charge is 2.25. The Morgan fingerprint density at radius 3 is 2.56 bits per heavy atom. The number of carboxylic acids is 1. The fourth-order valence-corrected chi connectivity index (χ4v) is 6.22. The number of carboxylic acid groups (broad SMARTS) is 1. The molecule has 0 saturated heterocycles. The number of halogens is 1. The van der Waals surface area contributed by atoms with Crippen molar-refractivity contribution in [2.24, 2.45) is 5.92 Å². The lowest BCUT2D eigenvalue weighted by molar-refractivity contribution is -0.136. The number of rotatable bonds is 12. The maximum absolute atomic E-state index is 14.1. The Balaban J connectivity index is 1.40. The van der Waals surface area contributed by atoms with Gasteiger partial charge in [-0.25, -0.2) is 4.98 Å². The minimum atomic E-state index is -0.963. The number of amides is 1. The van der Waals surface area contributed by atoms with Crippen LogP contribution in [-0.2, 0) is 17.8 Å². The molecule has 0 spiro atoms. The Hall–Kier alpha value is -4.01. The Bertz CT molecular complexity index is 1690. The van der Waals surface area contributed by atoms with Crippen LogP contribution in [0.25, 0.3) is 21.1 Å². The number of para-hydroxylation sites is 1. The second kappa shape index (κ2) is 12.7. The zero-order valence-corrected chi connectivity index (χ0v) is 24.2. The number of hydrogen-bond donors (Lipinski definition) is 2. The lowest BCUT2D eigenvalue weighted by Crippen LogP contribution is -2.26. The Labute approximate surface area is 246 Å². The minimum absolute atomic E-state index is 0.0655. The number of thiazole rings is 1. The number of aliphatic carboxylic acids is 1. The Kier molecular flexibility index (Phi) is 8.81. The average molecular weight is 588 g/mol. The molecule has 0 bridgehead atoms. The molecule has 1 unspecified atom stereocenters. The van der Waals surface area contributed by atoms with Crippen molar-refractivity contribution in [1.29, 1.82) is 0 Å². The second-order valence-corrected chi connectivity index (χ2v) is 11.6. The van der Waals surface area contributed by atoms with E-state index in [9.17, 15) is 14.4 Å². The van der Waals surface area contributed by atoms with E-state index in [1.807, 2.05) is 54.6 Å². The van der Waals surface area contributed by atoms with Crippen molar-refractivity contribution in [2.75, 3.05) is 6.54 Å². The predicted molar refractivity (Wildman–Crippen MR) is 163 cm³/mol. The van der Waals surface area contributed by atoms with Crippen molar-refractivity contribution < 1.29 is 19.5 Å². The lowest BCUT2D eigenvalue weighted by Gasteiger charge is -2.17. The molecule has 7 nitrogen and oxygen atoms in total. The molecule has 2 heterocycles. The Morgan fingerprint density at radius 1 is 1.05 bits per heavy atom. The summed E-state index contributed by atoms with van der Waals surface area (Å²) >= 11 is 7.94. The number of benzene rings is 3. The van der Waals surface area contributed by atoms with Crippen LogP contribution in [0.1, 0.15) is 57.6 Å². The molecule has 2 N–H and O–H groups in total. The first-order valence-corrected chi connectivity index (χ1v) is 14.8. The van der Waals surface area contributed by atoms with Gasteiger partial charge in [-0.05, 0) is 66.9 Å². The van der Waals surface area contributed by atoms with Crippen molar-refractivity contribution in [3.05, 3.63) is 99.6 Å². The molecule has 210 valence electrons. The number of nitrogens with one attached hydrogen (secondary N) is 1. The molecule has 0 aliphatic carbocycles. The SMILES string of the molecule is CCCC(Cc1ccc(C(=O)NCCC(=O)O)cc1)C(=O)c1cc2cc(Cl)ccc2n1Cc1nc2ccccc2s1. The molecular formula is C32H30ClN3O4S. The maximum atomic E-state index is 14.1. The number of Topliss-reactive ketones (excluding diaryl/α,β-unsaturated/α-hetero) is 1. The number of aromatic nitrogens is 2. The van der Waals surface area contributed by atoms with E-state index in [1.165, 1.54) is 0 Å². The van der Waals surface area contributed by atoms with Gasteiger partial charge in [0, 0.05) is 34.0 Å². The van der Waals surface area contributed by atoms with E-state index < -0.39 is 5.97 Å². The van der Waals surface area contributed by atoms with E-state index in [1.54, 1.807) is 23.5 Å². The average Bonchev–Trinajstić information content (AvgIpc) is 3.53. The third-order valence-electron chi connectivity index (χ3n) is 7.08. The van der Waals surface area contributed by atoms with E-state index in [2.05, 4.69) is 22.9 Å². The fourth-order valence-electron chi connectivity index (χ4n) is 5.08. The van der Waals surface area contributed by atoms with Gasteiger partial charge in [0.1, 0.15) is 5.01 Å². The van der Waals surface area contributed by atoms with Gasteiger partial charge >= 0.3 is 5.97 Å². The molecule has 0 fully saturated rings. The summed E-state index contributed by atoms with van der Waals surface area (Å²) in [6.45, 7) is 2.62. The molecule has 0 radical (unpaired) electrons. The number of fused-ring (bicyclic) bond motifs is 2. The standard InChI is InChI=1S/C32H30ClN3O4S/c1-2-5-22(16-20-8-10-21(11-9-20)32(40)34-15-14-30(37)38)31(39)27-18-23-17-24(33)12-13-26(23)36(27)19-29-35-25-6-3-4-7-28(25)41-29/h3-4,6-13,17-18,22H,2,5,14-16,19H2,1H3,(H,34,40)(H,37,38). The van der Waals surface area contributed by atoms with Gasteiger partial charge in [0.25, 0.3) is 5.91 Å². The monoisotopic (exact) mass is 587 g/mol. The van der Waals surface area contributed by atoms with E-state index in [-0.39, 0.29) is 30.6 Å². The van der Waals surface area contributed by atoms with Crippen LogP contribution in [0, 0.1) is 5.92 Å². The molecule has 2 aromatic heterocycles. The van der Waals surface area contributed by atoms with Crippen molar-refractivity contribution in [3.8, 4) is 0 Å².